The number of nitrogens with one attached hydrogen (secondary N) is 1. The van der Waals surface area contributed by atoms with E-state index in [4.69, 9.17) is 9.47 Å². The van der Waals surface area contributed by atoms with Crippen LogP contribution in [0.5, 0.6) is 17.4 Å². The van der Waals surface area contributed by atoms with Gasteiger partial charge >= 0.3 is 0 Å². The minimum atomic E-state index is -1.11. The van der Waals surface area contributed by atoms with E-state index in [1.54, 1.807) is 7.05 Å². The van der Waals surface area contributed by atoms with Crippen molar-refractivity contribution in [2.24, 2.45) is 0 Å². The molecule has 1 N–H and O–H groups in total. The Balaban J connectivity index is 2.45. The molecule has 2 rings (SSSR count). The first kappa shape index (κ1) is 14.4. The van der Waals surface area contributed by atoms with Crippen LogP contribution in [0.25, 0.3) is 0 Å². The quantitative estimate of drug-likeness (QED) is 0.861. The van der Waals surface area contributed by atoms with Gasteiger partial charge in [0.2, 0.25) is 11.6 Å². The summed E-state index contributed by atoms with van der Waals surface area (Å²) in [6.45, 7) is 0. The van der Waals surface area contributed by atoms with Crippen molar-refractivity contribution in [3.8, 4) is 17.4 Å². The number of hydrogen-bond donors (Lipinski definition) is 1. The molecule has 1 heterocycles. The van der Waals surface area contributed by atoms with E-state index in [0.717, 1.165) is 6.07 Å². The zero-order chi connectivity index (χ0) is 14.7. The third kappa shape index (κ3) is 2.79. The summed E-state index contributed by atoms with van der Waals surface area (Å²) < 4.78 is 37.7. The van der Waals surface area contributed by atoms with Gasteiger partial charge in [-0.05, 0) is 12.1 Å². The lowest BCUT2D eigenvalue weighted by molar-refractivity contribution is 0.355. The summed E-state index contributed by atoms with van der Waals surface area (Å²) in [7, 11) is 3.03. The van der Waals surface area contributed by atoms with Gasteiger partial charge in [-0.3, -0.25) is 0 Å². The van der Waals surface area contributed by atoms with Crippen LogP contribution in [0.15, 0.2) is 22.9 Å². The fourth-order valence-corrected chi connectivity index (χ4v) is 1.91. The van der Waals surface area contributed by atoms with Crippen LogP contribution in [0.1, 0.15) is 0 Å². The number of halogens is 3. The van der Waals surface area contributed by atoms with E-state index in [9.17, 15) is 8.78 Å². The van der Waals surface area contributed by atoms with Crippen molar-refractivity contribution in [1.82, 2.24) is 9.97 Å². The molecule has 0 bridgehead atoms. The number of ether oxygens (including phenoxy) is 2. The van der Waals surface area contributed by atoms with Gasteiger partial charge in [0, 0.05) is 11.5 Å². The fraction of sp³-hybridized carbons (Fsp3) is 0.167. The van der Waals surface area contributed by atoms with E-state index in [2.05, 4.69) is 31.2 Å². The molecule has 0 fully saturated rings. The summed E-state index contributed by atoms with van der Waals surface area (Å²) in [5, 5.41) is 2.78. The molecule has 5 nitrogen and oxygen atoms in total. The molecule has 0 saturated heterocycles. The second-order valence-corrected chi connectivity index (χ2v) is 4.53. The molecule has 0 aliphatic rings. The molecule has 0 unspecified atom stereocenters. The smallest absolute Gasteiger partial charge is 0.268 e. The molecular formula is C12H10BrF2N3O2. The highest BCUT2D eigenvalue weighted by molar-refractivity contribution is 9.10. The first-order valence-electron chi connectivity index (χ1n) is 5.46. The van der Waals surface area contributed by atoms with E-state index in [1.165, 1.54) is 19.5 Å². The van der Waals surface area contributed by atoms with E-state index >= 15 is 0 Å². The Labute approximate surface area is 122 Å². The monoisotopic (exact) mass is 345 g/mol. The first-order valence-corrected chi connectivity index (χ1v) is 6.25. The van der Waals surface area contributed by atoms with Crippen molar-refractivity contribution in [2.45, 2.75) is 0 Å². The predicted octanol–water partition coefficient (Wildman–Crippen LogP) is 3.36. The maximum Gasteiger partial charge on any atom is 0.268 e. The average Bonchev–Trinajstić information content (AvgIpc) is 2.43. The molecule has 0 aliphatic carbocycles. The molecular weight excluding hydrogens is 336 g/mol. The van der Waals surface area contributed by atoms with Gasteiger partial charge in [0.05, 0.1) is 7.11 Å². The van der Waals surface area contributed by atoms with Crippen LogP contribution in [0.2, 0.25) is 0 Å². The van der Waals surface area contributed by atoms with Gasteiger partial charge in [0.15, 0.2) is 17.4 Å². The summed E-state index contributed by atoms with van der Waals surface area (Å²) in [6, 6.07) is 2.29. The highest BCUT2D eigenvalue weighted by Gasteiger charge is 2.17. The first-order chi connectivity index (χ1) is 9.56. The molecule has 1 aromatic carbocycles. The number of hydrogen-bond acceptors (Lipinski definition) is 5. The molecule has 2 aromatic rings. The summed E-state index contributed by atoms with van der Waals surface area (Å²) in [5.41, 5.74) is 0. The molecule has 8 heteroatoms. The van der Waals surface area contributed by atoms with Crippen LogP contribution in [0, 0.1) is 11.6 Å². The Morgan fingerprint density at radius 1 is 1.25 bits per heavy atom. The van der Waals surface area contributed by atoms with Gasteiger partial charge in [0.1, 0.15) is 6.33 Å². The van der Waals surface area contributed by atoms with Crippen LogP contribution in [0.3, 0.4) is 0 Å². The normalized spacial score (nSPS) is 10.2. The Morgan fingerprint density at radius 3 is 2.65 bits per heavy atom. The highest BCUT2D eigenvalue weighted by Crippen LogP contribution is 2.36. The van der Waals surface area contributed by atoms with E-state index in [-0.39, 0.29) is 17.4 Å². The summed E-state index contributed by atoms with van der Waals surface area (Å²) in [5.74, 6) is -1.92. The lowest BCUT2D eigenvalue weighted by Gasteiger charge is -2.12. The number of aromatic nitrogens is 2. The zero-order valence-corrected chi connectivity index (χ0v) is 12.2. The zero-order valence-electron chi connectivity index (χ0n) is 10.6. The van der Waals surface area contributed by atoms with Gasteiger partial charge in [-0.1, -0.05) is 15.9 Å². The average molecular weight is 346 g/mol. The molecule has 0 spiro atoms. The molecule has 106 valence electrons. The summed E-state index contributed by atoms with van der Waals surface area (Å²) in [6.07, 6.45) is 1.22. The third-order valence-electron chi connectivity index (χ3n) is 2.38. The van der Waals surface area contributed by atoms with Crippen molar-refractivity contribution >= 4 is 21.7 Å². The van der Waals surface area contributed by atoms with Crippen molar-refractivity contribution in [1.29, 1.82) is 0 Å². The van der Waals surface area contributed by atoms with Crippen molar-refractivity contribution in [3.05, 3.63) is 34.6 Å². The number of methoxy groups -OCH3 is 1. The minimum Gasteiger partial charge on any atom is -0.489 e. The highest BCUT2D eigenvalue weighted by atomic mass is 79.9. The molecule has 20 heavy (non-hydrogen) atoms. The standard InChI is InChI=1S/C12H10BrF2N3O2/c1-16-11-10(19-2)12(18-5-17-11)20-8-4-6(13)3-7(14)9(8)15/h3-5H,1-2H3,(H,16,17,18). The van der Waals surface area contributed by atoms with Gasteiger partial charge < -0.3 is 14.8 Å². The Morgan fingerprint density at radius 2 is 2.00 bits per heavy atom. The predicted molar refractivity (Wildman–Crippen MR) is 72.3 cm³/mol. The van der Waals surface area contributed by atoms with Crippen molar-refractivity contribution < 1.29 is 18.3 Å². The van der Waals surface area contributed by atoms with Crippen molar-refractivity contribution in [3.63, 3.8) is 0 Å². The number of rotatable bonds is 4. The molecule has 0 aliphatic heterocycles. The number of anilines is 1. The molecule has 0 atom stereocenters. The Kier molecular flexibility index (Phi) is 4.33. The topological polar surface area (TPSA) is 56.3 Å². The summed E-state index contributed by atoms with van der Waals surface area (Å²) in [4.78, 5) is 7.77. The van der Waals surface area contributed by atoms with Gasteiger partial charge in [-0.25, -0.2) is 9.37 Å². The second-order valence-electron chi connectivity index (χ2n) is 3.61. The van der Waals surface area contributed by atoms with Gasteiger partial charge in [-0.2, -0.15) is 9.37 Å². The SMILES string of the molecule is CNc1ncnc(Oc2cc(Br)cc(F)c2F)c1OC. The fourth-order valence-electron chi connectivity index (χ4n) is 1.50. The Bertz CT molecular complexity index is 640. The van der Waals surface area contributed by atoms with E-state index < -0.39 is 11.6 Å². The van der Waals surface area contributed by atoms with Crippen LogP contribution < -0.4 is 14.8 Å². The van der Waals surface area contributed by atoms with Crippen LogP contribution in [0.4, 0.5) is 14.6 Å². The van der Waals surface area contributed by atoms with Crippen LogP contribution in [-0.2, 0) is 0 Å². The van der Waals surface area contributed by atoms with E-state index in [1.807, 2.05) is 0 Å². The van der Waals surface area contributed by atoms with E-state index in [0.29, 0.717) is 10.3 Å². The van der Waals surface area contributed by atoms with Gasteiger partial charge in [-0.15, -0.1) is 0 Å². The van der Waals surface area contributed by atoms with Crippen LogP contribution in [-0.4, -0.2) is 24.1 Å². The summed E-state index contributed by atoms with van der Waals surface area (Å²) >= 11 is 3.06. The third-order valence-corrected chi connectivity index (χ3v) is 2.84. The number of benzene rings is 1. The molecule has 1 aromatic heterocycles. The largest absolute Gasteiger partial charge is 0.489 e. The Hall–Kier alpha value is -1.96. The van der Waals surface area contributed by atoms with Crippen molar-refractivity contribution in [2.75, 3.05) is 19.5 Å². The lowest BCUT2D eigenvalue weighted by atomic mass is 10.3. The molecule has 0 amide bonds. The maximum absolute atomic E-state index is 13.7. The second kappa shape index (κ2) is 6.00. The van der Waals surface area contributed by atoms with Gasteiger partial charge in [0.25, 0.3) is 5.88 Å². The number of nitrogens with zero attached hydrogens (tertiary/aromatic N) is 2. The minimum absolute atomic E-state index is 0.0248. The lowest BCUT2D eigenvalue weighted by Crippen LogP contribution is -2.02. The van der Waals surface area contributed by atoms with Crippen LogP contribution >= 0.6 is 15.9 Å². The maximum atomic E-state index is 13.7. The molecule has 0 saturated carbocycles. The molecule has 0 radical (unpaired) electrons.